The van der Waals surface area contributed by atoms with Crippen molar-refractivity contribution < 1.29 is 19.1 Å². The van der Waals surface area contributed by atoms with E-state index in [1.54, 1.807) is 31.4 Å². The summed E-state index contributed by atoms with van der Waals surface area (Å²) >= 11 is 0. The summed E-state index contributed by atoms with van der Waals surface area (Å²) in [6.45, 7) is 3.10. The summed E-state index contributed by atoms with van der Waals surface area (Å²) in [5, 5.41) is 8.65. The third kappa shape index (κ3) is 6.16. The van der Waals surface area contributed by atoms with Gasteiger partial charge in [-0.25, -0.2) is 4.79 Å². The van der Waals surface area contributed by atoms with Crippen molar-refractivity contribution in [2.24, 2.45) is 0 Å². The first-order valence-corrected chi connectivity index (χ1v) is 11.6. The normalized spacial score (nSPS) is 18.0. The van der Waals surface area contributed by atoms with E-state index in [9.17, 15) is 9.59 Å². The van der Waals surface area contributed by atoms with Gasteiger partial charge in [0.2, 0.25) is 0 Å². The second kappa shape index (κ2) is 11.0. The molecule has 3 amide bonds. The molecule has 0 radical (unpaired) electrons. The predicted octanol–water partition coefficient (Wildman–Crippen LogP) is 4.24. The highest BCUT2D eigenvalue weighted by Crippen LogP contribution is 2.28. The van der Waals surface area contributed by atoms with Crippen LogP contribution in [0.25, 0.3) is 0 Å². The van der Waals surface area contributed by atoms with Crippen LogP contribution >= 0.6 is 0 Å². The Morgan fingerprint density at radius 2 is 1.82 bits per heavy atom. The van der Waals surface area contributed by atoms with Crippen LogP contribution < -0.4 is 25.6 Å². The van der Waals surface area contributed by atoms with E-state index in [1.165, 1.54) is 6.42 Å². The summed E-state index contributed by atoms with van der Waals surface area (Å²) in [6, 6.07) is 12.3. The van der Waals surface area contributed by atoms with Crippen molar-refractivity contribution in [3.05, 3.63) is 48.0 Å². The summed E-state index contributed by atoms with van der Waals surface area (Å²) in [4.78, 5) is 27.9. The Hall–Kier alpha value is -3.26. The molecule has 2 aromatic rings. The minimum absolute atomic E-state index is 0.0716. The van der Waals surface area contributed by atoms with Crippen molar-refractivity contribution in [2.75, 3.05) is 48.9 Å². The van der Waals surface area contributed by atoms with Gasteiger partial charge in [0.25, 0.3) is 5.91 Å². The molecule has 33 heavy (non-hydrogen) atoms. The van der Waals surface area contributed by atoms with Crippen LogP contribution in [0, 0.1) is 0 Å². The molecule has 2 aliphatic heterocycles. The van der Waals surface area contributed by atoms with Gasteiger partial charge < -0.3 is 30.3 Å². The first-order chi connectivity index (χ1) is 16.1. The van der Waals surface area contributed by atoms with E-state index in [0.717, 1.165) is 51.1 Å². The van der Waals surface area contributed by atoms with Gasteiger partial charge in [-0.3, -0.25) is 4.79 Å². The molecule has 2 fully saturated rings. The molecule has 8 heteroatoms. The van der Waals surface area contributed by atoms with Crippen LogP contribution in [0.4, 0.5) is 21.9 Å². The van der Waals surface area contributed by atoms with E-state index in [0.29, 0.717) is 29.2 Å². The zero-order valence-electron chi connectivity index (χ0n) is 19.1. The highest BCUT2D eigenvalue weighted by atomic mass is 16.5. The van der Waals surface area contributed by atoms with Gasteiger partial charge in [0.1, 0.15) is 5.75 Å². The van der Waals surface area contributed by atoms with Crippen molar-refractivity contribution in [3.8, 4) is 5.75 Å². The third-order valence-corrected chi connectivity index (χ3v) is 6.04. The number of hydrogen-bond donors (Lipinski definition) is 3. The molecule has 0 aliphatic carbocycles. The number of nitrogens with one attached hydrogen (secondary N) is 3. The fourth-order valence-corrected chi connectivity index (χ4v) is 4.31. The van der Waals surface area contributed by atoms with E-state index in [2.05, 4.69) is 20.9 Å². The lowest BCUT2D eigenvalue weighted by Crippen LogP contribution is -2.35. The molecule has 0 bridgehead atoms. The Morgan fingerprint density at radius 1 is 1.03 bits per heavy atom. The van der Waals surface area contributed by atoms with Crippen LogP contribution in [0.2, 0.25) is 0 Å². The van der Waals surface area contributed by atoms with Crippen LogP contribution in [0.1, 0.15) is 42.5 Å². The van der Waals surface area contributed by atoms with E-state index < -0.39 is 0 Å². The maximum atomic E-state index is 13.1. The summed E-state index contributed by atoms with van der Waals surface area (Å²) in [5.41, 5.74) is 2.64. The third-order valence-electron chi connectivity index (χ3n) is 6.04. The minimum Gasteiger partial charge on any atom is -0.497 e. The molecule has 0 aromatic heterocycles. The summed E-state index contributed by atoms with van der Waals surface area (Å²) < 4.78 is 10.8. The number of carbonyl (C=O) groups excluding carboxylic acids is 2. The van der Waals surface area contributed by atoms with E-state index in [-0.39, 0.29) is 18.0 Å². The molecule has 2 saturated heterocycles. The molecule has 2 aliphatic rings. The quantitative estimate of drug-likeness (QED) is 0.585. The summed E-state index contributed by atoms with van der Waals surface area (Å²) in [5.74, 6) is 0.506. The number of amides is 3. The fourth-order valence-electron chi connectivity index (χ4n) is 4.31. The molecule has 1 unspecified atom stereocenters. The number of urea groups is 1. The minimum atomic E-state index is -0.389. The number of ether oxygens (including phenoxy) is 2. The lowest BCUT2D eigenvalue weighted by molar-refractivity contribution is 0.0858. The number of hydrogen-bond acceptors (Lipinski definition) is 5. The maximum Gasteiger partial charge on any atom is 0.323 e. The van der Waals surface area contributed by atoms with Gasteiger partial charge in [-0.15, -0.1) is 0 Å². The highest BCUT2D eigenvalue weighted by molar-refractivity contribution is 6.04. The zero-order valence-corrected chi connectivity index (χ0v) is 19.1. The van der Waals surface area contributed by atoms with Crippen molar-refractivity contribution >= 4 is 29.0 Å². The van der Waals surface area contributed by atoms with E-state index in [1.807, 2.05) is 18.2 Å². The Morgan fingerprint density at radius 3 is 2.55 bits per heavy atom. The fraction of sp³-hybridized carbons (Fsp3) is 0.440. The van der Waals surface area contributed by atoms with Crippen LogP contribution in [0.5, 0.6) is 5.75 Å². The monoisotopic (exact) mass is 452 g/mol. The molecule has 4 rings (SSSR count). The molecule has 0 saturated carbocycles. The second-order valence-electron chi connectivity index (χ2n) is 8.44. The standard InChI is InChI=1S/C25H32N4O4/c1-32-20-8-5-7-18(15-20)27-25(31)28-19-10-11-23(29-12-3-2-4-13-29)22(16-19)24(30)26-17-21-9-6-14-33-21/h5,7-8,10-11,15-16,21H,2-4,6,9,12-14,17H2,1H3,(H,26,30)(H2,27,28,31). The van der Waals surface area contributed by atoms with Crippen LogP contribution in [0.15, 0.2) is 42.5 Å². The maximum absolute atomic E-state index is 13.1. The predicted molar refractivity (Wildman–Crippen MR) is 129 cm³/mol. The molecule has 2 heterocycles. The average Bonchev–Trinajstić information content (AvgIpc) is 3.37. The number of nitrogens with zero attached hydrogens (tertiary/aromatic N) is 1. The number of rotatable bonds is 7. The lowest BCUT2D eigenvalue weighted by atomic mass is 10.1. The van der Waals surface area contributed by atoms with Crippen LogP contribution in [0.3, 0.4) is 0 Å². The SMILES string of the molecule is COc1cccc(NC(=O)Nc2ccc(N3CCCCC3)c(C(=O)NCC3CCCO3)c2)c1. The van der Waals surface area contributed by atoms with Crippen molar-refractivity contribution in [3.63, 3.8) is 0 Å². The number of methoxy groups -OCH3 is 1. The molecular weight excluding hydrogens is 420 g/mol. The summed E-state index contributed by atoms with van der Waals surface area (Å²) in [6.07, 6.45) is 5.50. The highest BCUT2D eigenvalue weighted by Gasteiger charge is 2.22. The largest absolute Gasteiger partial charge is 0.497 e. The molecular formula is C25H32N4O4. The van der Waals surface area contributed by atoms with Crippen LogP contribution in [-0.2, 0) is 4.74 Å². The van der Waals surface area contributed by atoms with Gasteiger partial charge in [0.05, 0.1) is 18.8 Å². The number of piperidine rings is 1. The summed E-state index contributed by atoms with van der Waals surface area (Å²) in [7, 11) is 1.58. The Balaban J connectivity index is 1.48. The molecule has 1 atom stereocenters. The van der Waals surface area contributed by atoms with E-state index in [4.69, 9.17) is 9.47 Å². The van der Waals surface area contributed by atoms with Crippen molar-refractivity contribution in [1.82, 2.24) is 5.32 Å². The Bertz CT molecular complexity index is 969. The Labute approximate surface area is 194 Å². The Kier molecular flexibility index (Phi) is 7.67. The molecule has 0 spiro atoms. The van der Waals surface area contributed by atoms with Crippen molar-refractivity contribution in [2.45, 2.75) is 38.2 Å². The van der Waals surface area contributed by atoms with E-state index >= 15 is 0 Å². The number of carbonyl (C=O) groups is 2. The van der Waals surface area contributed by atoms with Gasteiger partial charge in [0.15, 0.2) is 0 Å². The van der Waals surface area contributed by atoms with Crippen molar-refractivity contribution in [1.29, 1.82) is 0 Å². The molecule has 176 valence electrons. The zero-order chi connectivity index (χ0) is 23.0. The number of anilines is 3. The first kappa shape index (κ1) is 22.9. The van der Waals surface area contributed by atoms with Crippen LogP contribution in [-0.4, -0.2) is 51.4 Å². The molecule has 2 aromatic carbocycles. The van der Waals surface area contributed by atoms with Gasteiger partial charge in [0, 0.05) is 49.4 Å². The van der Waals surface area contributed by atoms with Gasteiger partial charge >= 0.3 is 6.03 Å². The smallest absolute Gasteiger partial charge is 0.323 e. The number of benzene rings is 2. The lowest BCUT2D eigenvalue weighted by Gasteiger charge is -2.30. The van der Waals surface area contributed by atoms with Gasteiger partial charge in [-0.05, 0) is 62.4 Å². The second-order valence-corrected chi connectivity index (χ2v) is 8.44. The molecule has 8 nitrogen and oxygen atoms in total. The van der Waals surface area contributed by atoms with Gasteiger partial charge in [-0.1, -0.05) is 6.07 Å². The topological polar surface area (TPSA) is 91.9 Å². The first-order valence-electron chi connectivity index (χ1n) is 11.6. The molecule has 3 N–H and O–H groups in total. The average molecular weight is 453 g/mol. The van der Waals surface area contributed by atoms with Gasteiger partial charge in [-0.2, -0.15) is 0 Å².